The Morgan fingerprint density at radius 2 is 1.93 bits per heavy atom. The third-order valence-electron chi connectivity index (χ3n) is 5.32. The van der Waals surface area contributed by atoms with Crippen molar-refractivity contribution in [2.45, 2.75) is 51.7 Å². The van der Waals surface area contributed by atoms with Crippen molar-refractivity contribution in [1.29, 1.82) is 0 Å². The number of hydrogen-bond donors (Lipinski definition) is 1. The van der Waals surface area contributed by atoms with Gasteiger partial charge in [0.05, 0.1) is 18.4 Å². The van der Waals surface area contributed by atoms with Crippen LogP contribution in [0.3, 0.4) is 0 Å². The summed E-state index contributed by atoms with van der Waals surface area (Å²) in [5.41, 5.74) is 10.6. The molecule has 0 unspecified atom stereocenters. The Hall–Kier alpha value is -2.82. The van der Waals surface area contributed by atoms with Crippen LogP contribution in [-0.2, 0) is 12.8 Å². The van der Waals surface area contributed by atoms with Gasteiger partial charge in [0.25, 0.3) is 0 Å². The van der Waals surface area contributed by atoms with Crippen LogP contribution in [0.5, 0.6) is 11.5 Å². The Labute approximate surface area is 165 Å². The summed E-state index contributed by atoms with van der Waals surface area (Å²) in [4.78, 5) is 16.8. The van der Waals surface area contributed by atoms with Crippen LogP contribution in [0.15, 0.2) is 35.3 Å². The van der Waals surface area contributed by atoms with Crippen LogP contribution in [-0.4, -0.2) is 29.9 Å². The van der Waals surface area contributed by atoms with E-state index in [9.17, 15) is 4.79 Å². The first-order valence-electron chi connectivity index (χ1n) is 9.52. The highest BCUT2D eigenvalue weighted by Crippen LogP contribution is 2.47. The van der Waals surface area contributed by atoms with Gasteiger partial charge >= 0.3 is 0 Å². The number of methoxy groups -OCH3 is 1. The molecule has 0 fully saturated rings. The van der Waals surface area contributed by atoms with Crippen LogP contribution in [0.1, 0.15) is 60.3 Å². The highest BCUT2D eigenvalue weighted by molar-refractivity contribution is 6.16. The van der Waals surface area contributed by atoms with Crippen LogP contribution in [0.25, 0.3) is 0 Å². The number of aliphatic imine (C=N–C) groups is 1. The average molecular weight is 378 g/mol. The Bertz CT molecular complexity index is 1020. The number of fused-ring (bicyclic) bond motifs is 3. The maximum absolute atomic E-state index is 11.7. The SMILES string of the molecule is COc1cc2c(c3c1OC(C)(C)C3)C(c1cccc(C(N)=O)c1)=NC(C)(C)C2. The van der Waals surface area contributed by atoms with Gasteiger partial charge < -0.3 is 15.2 Å². The molecule has 0 saturated carbocycles. The predicted molar refractivity (Wildman–Crippen MR) is 110 cm³/mol. The van der Waals surface area contributed by atoms with E-state index in [2.05, 4.69) is 33.8 Å². The van der Waals surface area contributed by atoms with Gasteiger partial charge in [-0.3, -0.25) is 9.79 Å². The van der Waals surface area contributed by atoms with Crippen LogP contribution in [0.2, 0.25) is 0 Å². The van der Waals surface area contributed by atoms with Crippen molar-refractivity contribution in [3.63, 3.8) is 0 Å². The lowest BCUT2D eigenvalue weighted by Crippen LogP contribution is -2.30. The number of nitrogens with two attached hydrogens (primary N) is 1. The molecule has 2 aromatic carbocycles. The predicted octanol–water partition coefficient (Wildman–Crippen LogP) is 3.68. The second-order valence-corrected chi connectivity index (χ2v) is 8.85. The van der Waals surface area contributed by atoms with Crippen molar-refractivity contribution in [3.05, 3.63) is 58.1 Å². The molecular weight excluding hydrogens is 352 g/mol. The largest absolute Gasteiger partial charge is 0.493 e. The molecule has 2 aliphatic rings. The topological polar surface area (TPSA) is 73.9 Å². The minimum atomic E-state index is -0.442. The zero-order chi connectivity index (χ0) is 20.3. The second-order valence-electron chi connectivity index (χ2n) is 8.85. The van der Waals surface area contributed by atoms with Crippen molar-refractivity contribution in [2.75, 3.05) is 7.11 Å². The molecule has 5 heteroatoms. The quantitative estimate of drug-likeness (QED) is 0.885. The Kier molecular flexibility index (Phi) is 4.03. The highest BCUT2D eigenvalue weighted by atomic mass is 16.5. The maximum atomic E-state index is 11.7. The molecule has 2 aromatic rings. The third-order valence-corrected chi connectivity index (χ3v) is 5.32. The maximum Gasteiger partial charge on any atom is 0.248 e. The van der Waals surface area contributed by atoms with E-state index in [1.807, 2.05) is 18.2 Å². The fourth-order valence-corrected chi connectivity index (χ4v) is 4.25. The Balaban J connectivity index is 1.98. The highest BCUT2D eigenvalue weighted by Gasteiger charge is 2.39. The molecule has 0 saturated heterocycles. The summed E-state index contributed by atoms with van der Waals surface area (Å²) in [6.45, 7) is 8.40. The van der Waals surface area contributed by atoms with Crippen LogP contribution in [0.4, 0.5) is 0 Å². The van der Waals surface area contributed by atoms with E-state index in [4.69, 9.17) is 20.2 Å². The van der Waals surface area contributed by atoms with Gasteiger partial charge in [0.1, 0.15) is 5.60 Å². The number of hydrogen-bond acceptors (Lipinski definition) is 4. The fraction of sp³-hybridized carbons (Fsp3) is 0.391. The molecule has 28 heavy (non-hydrogen) atoms. The minimum Gasteiger partial charge on any atom is -0.493 e. The number of primary amides is 1. The number of carbonyl (C=O) groups excluding carboxylic acids is 1. The zero-order valence-corrected chi connectivity index (χ0v) is 17.1. The lowest BCUT2D eigenvalue weighted by Gasteiger charge is -2.31. The van der Waals surface area contributed by atoms with Crippen LogP contribution < -0.4 is 15.2 Å². The van der Waals surface area contributed by atoms with Gasteiger partial charge in [-0.15, -0.1) is 0 Å². The molecule has 4 rings (SSSR count). The lowest BCUT2D eigenvalue weighted by molar-refractivity contribution is 0.1000. The molecule has 0 aromatic heterocycles. The molecular formula is C23H26N2O3. The summed E-state index contributed by atoms with van der Waals surface area (Å²) in [7, 11) is 1.68. The molecule has 0 atom stereocenters. The standard InChI is InChI=1S/C23H26N2O3/c1-22(2)11-15-10-17(27-5)20-16(12-23(3,4)28-20)18(15)19(25-22)13-7-6-8-14(9-13)21(24)26/h6-10H,11-12H2,1-5H3,(H2,24,26). The normalized spacial score (nSPS) is 18.5. The Morgan fingerprint density at radius 3 is 2.61 bits per heavy atom. The molecule has 5 nitrogen and oxygen atoms in total. The number of nitrogens with zero attached hydrogens (tertiary/aromatic N) is 1. The van der Waals surface area contributed by atoms with Crippen molar-refractivity contribution < 1.29 is 14.3 Å². The molecule has 0 bridgehead atoms. The lowest BCUT2D eigenvalue weighted by atomic mass is 9.80. The summed E-state index contributed by atoms with van der Waals surface area (Å²) in [5.74, 6) is 1.12. The minimum absolute atomic E-state index is 0.265. The van der Waals surface area contributed by atoms with Gasteiger partial charge in [-0.25, -0.2) is 0 Å². The first kappa shape index (κ1) is 18.5. The van der Waals surface area contributed by atoms with E-state index >= 15 is 0 Å². The smallest absolute Gasteiger partial charge is 0.248 e. The summed E-state index contributed by atoms with van der Waals surface area (Å²) < 4.78 is 11.9. The number of carbonyl (C=O) groups is 1. The fourth-order valence-electron chi connectivity index (χ4n) is 4.25. The molecule has 146 valence electrons. The molecule has 0 spiro atoms. The second kappa shape index (κ2) is 6.09. The molecule has 0 aliphatic carbocycles. The first-order valence-corrected chi connectivity index (χ1v) is 9.52. The number of benzene rings is 2. The van der Waals surface area contributed by atoms with E-state index in [0.717, 1.165) is 46.7 Å². The summed E-state index contributed by atoms with van der Waals surface area (Å²) in [6, 6.07) is 9.46. The van der Waals surface area contributed by atoms with Gasteiger partial charge in [0, 0.05) is 28.7 Å². The zero-order valence-electron chi connectivity index (χ0n) is 17.1. The molecule has 1 amide bonds. The molecule has 2 aliphatic heterocycles. The van der Waals surface area contributed by atoms with Crippen molar-refractivity contribution >= 4 is 11.6 Å². The number of rotatable bonds is 3. The van der Waals surface area contributed by atoms with E-state index in [1.165, 1.54) is 5.56 Å². The molecule has 0 radical (unpaired) electrons. The van der Waals surface area contributed by atoms with Gasteiger partial charge in [-0.2, -0.15) is 0 Å². The van der Waals surface area contributed by atoms with E-state index in [1.54, 1.807) is 13.2 Å². The summed E-state index contributed by atoms with van der Waals surface area (Å²) in [5, 5.41) is 0. The number of ether oxygens (including phenoxy) is 2. The monoisotopic (exact) mass is 378 g/mol. The summed E-state index contributed by atoms with van der Waals surface area (Å²) >= 11 is 0. The van der Waals surface area contributed by atoms with Crippen LogP contribution in [0, 0.1) is 0 Å². The number of amides is 1. The summed E-state index contributed by atoms with van der Waals surface area (Å²) in [6.07, 6.45) is 1.59. The van der Waals surface area contributed by atoms with Crippen molar-refractivity contribution in [3.8, 4) is 11.5 Å². The van der Waals surface area contributed by atoms with Crippen LogP contribution >= 0.6 is 0 Å². The van der Waals surface area contributed by atoms with Gasteiger partial charge in [0.2, 0.25) is 5.91 Å². The van der Waals surface area contributed by atoms with Crippen molar-refractivity contribution in [2.24, 2.45) is 10.7 Å². The molecule has 2 N–H and O–H groups in total. The third kappa shape index (κ3) is 3.05. The van der Waals surface area contributed by atoms with Crippen molar-refractivity contribution in [1.82, 2.24) is 0 Å². The average Bonchev–Trinajstić information content (AvgIpc) is 2.94. The van der Waals surface area contributed by atoms with E-state index in [-0.39, 0.29) is 11.1 Å². The Morgan fingerprint density at radius 1 is 1.18 bits per heavy atom. The van der Waals surface area contributed by atoms with E-state index < -0.39 is 5.91 Å². The van der Waals surface area contributed by atoms with E-state index in [0.29, 0.717) is 5.56 Å². The first-order chi connectivity index (χ1) is 13.1. The molecule has 2 heterocycles. The van der Waals surface area contributed by atoms with Gasteiger partial charge in [-0.05, 0) is 57.9 Å². The van der Waals surface area contributed by atoms with Gasteiger partial charge in [0.15, 0.2) is 11.5 Å². The van der Waals surface area contributed by atoms with Gasteiger partial charge in [-0.1, -0.05) is 12.1 Å².